The van der Waals surface area contributed by atoms with Gasteiger partial charge < -0.3 is 4.57 Å². The molecule has 3 heteroatoms. The summed E-state index contributed by atoms with van der Waals surface area (Å²) in [4.78, 5) is 4.96. The van der Waals surface area contributed by atoms with Crippen molar-refractivity contribution in [1.29, 1.82) is 0 Å². The monoisotopic (exact) mass is 316 g/mol. The highest BCUT2D eigenvalue weighted by atomic mass is 31.1. The smallest absolute Gasteiger partial charge is 0.141 e. The Kier molecular flexibility index (Phi) is 3.69. The van der Waals surface area contributed by atoms with Crippen molar-refractivity contribution in [3.05, 3.63) is 84.9 Å². The largest absolute Gasteiger partial charge is 0.327 e. The van der Waals surface area contributed by atoms with Gasteiger partial charge in [0.25, 0.3) is 0 Å². The quantitative estimate of drug-likeness (QED) is 0.530. The lowest BCUT2D eigenvalue weighted by Gasteiger charge is -2.18. The Labute approximate surface area is 137 Å². The Morgan fingerprint density at radius 1 is 0.696 bits per heavy atom. The van der Waals surface area contributed by atoms with E-state index in [0.29, 0.717) is 0 Å². The number of fused-ring (bicyclic) bond motifs is 1. The molecule has 0 aliphatic carbocycles. The standard InChI is InChI=1S/C20H17N2P/c1-22-19-15-9-8-14-18(19)21-20(22)23(16-10-4-2-5-11-16)17-12-6-3-7-13-17/h2-15H,1H3. The maximum absolute atomic E-state index is 4.96. The van der Waals surface area contributed by atoms with Gasteiger partial charge in [0.2, 0.25) is 0 Å². The fourth-order valence-corrected chi connectivity index (χ4v) is 5.18. The summed E-state index contributed by atoms with van der Waals surface area (Å²) >= 11 is 0. The molecule has 0 N–H and O–H groups in total. The molecule has 0 saturated carbocycles. The van der Waals surface area contributed by atoms with Crippen LogP contribution < -0.4 is 16.2 Å². The number of hydrogen-bond donors (Lipinski definition) is 0. The van der Waals surface area contributed by atoms with E-state index < -0.39 is 7.92 Å². The summed E-state index contributed by atoms with van der Waals surface area (Å²) < 4.78 is 2.24. The molecule has 0 spiro atoms. The number of nitrogens with zero attached hydrogens (tertiary/aromatic N) is 2. The second-order valence-electron chi connectivity index (χ2n) is 5.47. The summed E-state index contributed by atoms with van der Waals surface area (Å²) in [5, 5.41) is 2.65. The third-order valence-corrected chi connectivity index (χ3v) is 6.42. The molecule has 112 valence electrons. The molecule has 0 fully saturated rings. The van der Waals surface area contributed by atoms with Gasteiger partial charge in [0.1, 0.15) is 5.57 Å². The van der Waals surface area contributed by atoms with Gasteiger partial charge in [0.05, 0.1) is 11.0 Å². The third-order valence-electron chi connectivity index (χ3n) is 3.99. The van der Waals surface area contributed by atoms with Crippen molar-refractivity contribution < 1.29 is 0 Å². The van der Waals surface area contributed by atoms with Crippen LogP contribution in [0, 0.1) is 0 Å². The molecule has 0 saturated heterocycles. The van der Waals surface area contributed by atoms with Gasteiger partial charge in [0.15, 0.2) is 0 Å². The van der Waals surface area contributed by atoms with E-state index in [2.05, 4.69) is 90.5 Å². The molecule has 4 rings (SSSR count). The van der Waals surface area contributed by atoms with Gasteiger partial charge in [0, 0.05) is 15.0 Å². The Balaban J connectivity index is 1.96. The number of hydrogen-bond acceptors (Lipinski definition) is 1. The first-order valence-electron chi connectivity index (χ1n) is 7.66. The van der Waals surface area contributed by atoms with E-state index in [9.17, 15) is 0 Å². The Morgan fingerprint density at radius 2 is 1.22 bits per heavy atom. The zero-order valence-corrected chi connectivity index (χ0v) is 13.8. The van der Waals surface area contributed by atoms with E-state index in [1.54, 1.807) is 0 Å². The first-order chi connectivity index (χ1) is 11.3. The summed E-state index contributed by atoms with van der Waals surface area (Å²) in [5.41, 5.74) is 3.38. The number of benzene rings is 3. The molecule has 0 radical (unpaired) electrons. The Hall–Kier alpha value is -2.44. The van der Waals surface area contributed by atoms with Crippen molar-refractivity contribution in [1.82, 2.24) is 9.55 Å². The van der Waals surface area contributed by atoms with Gasteiger partial charge >= 0.3 is 0 Å². The first kappa shape index (κ1) is 14.2. The van der Waals surface area contributed by atoms with Crippen molar-refractivity contribution in [2.24, 2.45) is 7.05 Å². The fourth-order valence-electron chi connectivity index (χ4n) is 2.87. The van der Waals surface area contributed by atoms with Crippen LogP contribution in [0.5, 0.6) is 0 Å². The van der Waals surface area contributed by atoms with E-state index in [1.807, 2.05) is 6.07 Å². The highest BCUT2D eigenvalue weighted by Crippen LogP contribution is 2.33. The zero-order valence-electron chi connectivity index (χ0n) is 12.9. The van der Waals surface area contributed by atoms with Gasteiger partial charge in [-0.3, -0.25) is 0 Å². The van der Waals surface area contributed by atoms with Gasteiger partial charge in [-0.25, -0.2) is 4.98 Å². The van der Waals surface area contributed by atoms with Gasteiger partial charge in [-0.05, 0) is 22.7 Å². The maximum Gasteiger partial charge on any atom is 0.141 e. The predicted octanol–water partition coefficient (Wildman–Crippen LogP) is 3.33. The summed E-state index contributed by atoms with van der Waals surface area (Å²) in [5.74, 6) is 0. The minimum atomic E-state index is -0.662. The molecule has 0 aliphatic heterocycles. The number of aryl methyl sites for hydroxylation is 1. The average Bonchev–Trinajstić information content (AvgIpc) is 2.94. The van der Waals surface area contributed by atoms with E-state index in [1.165, 1.54) is 16.1 Å². The lowest BCUT2D eigenvalue weighted by Crippen LogP contribution is -2.26. The summed E-state index contributed by atoms with van der Waals surface area (Å²) in [7, 11) is 1.46. The highest BCUT2D eigenvalue weighted by Gasteiger charge is 2.21. The predicted molar refractivity (Wildman–Crippen MR) is 99.4 cm³/mol. The van der Waals surface area contributed by atoms with Crippen LogP contribution in [-0.4, -0.2) is 9.55 Å². The van der Waals surface area contributed by atoms with Crippen molar-refractivity contribution in [3.8, 4) is 0 Å². The lowest BCUT2D eigenvalue weighted by atomic mass is 10.3. The number of imidazole rings is 1. The van der Waals surface area contributed by atoms with Crippen LogP contribution >= 0.6 is 7.92 Å². The van der Waals surface area contributed by atoms with E-state index in [-0.39, 0.29) is 0 Å². The summed E-state index contributed by atoms with van der Waals surface area (Å²) in [6.45, 7) is 0. The minimum absolute atomic E-state index is 0.662. The second-order valence-corrected chi connectivity index (χ2v) is 7.57. The van der Waals surface area contributed by atoms with Crippen LogP contribution in [-0.2, 0) is 7.05 Å². The Bertz CT molecular complexity index is 890. The van der Waals surface area contributed by atoms with E-state index in [4.69, 9.17) is 4.98 Å². The molecular weight excluding hydrogens is 299 g/mol. The van der Waals surface area contributed by atoms with E-state index in [0.717, 1.165) is 11.1 Å². The number of para-hydroxylation sites is 2. The molecule has 0 atom stereocenters. The molecule has 1 aromatic heterocycles. The van der Waals surface area contributed by atoms with Crippen LogP contribution in [0.4, 0.5) is 0 Å². The normalized spacial score (nSPS) is 11.2. The molecule has 0 bridgehead atoms. The number of aromatic nitrogens is 2. The summed E-state index contributed by atoms with van der Waals surface area (Å²) in [6.07, 6.45) is 0. The zero-order chi connectivity index (χ0) is 15.6. The van der Waals surface area contributed by atoms with Crippen LogP contribution in [0.15, 0.2) is 84.9 Å². The number of rotatable bonds is 3. The van der Waals surface area contributed by atoms with Gasteiger partial charge in [-0.1, -0.05) is 72.8 Å². The van der Waals surface area contributed by atoms with Crippen molar-refractivity contribution in [2.45, 2.75) is 0 Å². The van der Waals surface area contributed by atoms with Crippen LogP contribution in [0.25, 0.3) is 11.0 Å². The molecule has 0 amide bonds. The van der Waals surface area contributed by atoms with Crippen LogP contribution in [0.2, 0.25) is 0 Å². The minimum Gasteiger partial charge on any atom is -0.327 e. The van der Waals surface area contributed by atoms with Crippen molar-refractivity contribution in [2.75, 3.05) is 0 Å². The Morgan fingerprint density at radius 3 is 1.78 bits per heavy atom. The second kappa shape index (κ2) is 5.98. The molecule has 23 heavy (non-hydrogen) atoms. The van der Waals surface area contributed by atoms with E-state index >= 15 is 0 Å². The first-order valence-corrected chi connectivity index (χ1v) is 9.00. The SMILES string of the molecule is Cn1c(P(c2ccccc2)c2ccccc2)nc2ccccc21. The molecule has 2 nitrogen and oxygen atoms in total. The molecule has 0 aliphatic rings. The van der Waals surface area contributed by atoms with Crippen LogP contribution in [0.1, 0.15) is 0 Å². The molecule has 4 aromatic rings. The fraction of sp³-hybridized carbons (Fsp3) is 0.0500. The van der Waals surface area contributed by atoms with Crippen LogP contribution in [0.3, 0.4) is 0 Å². The highest BCUT2D eigenvalue weighted by molar-refractivity contribution is 7.79. The van der Waals surface area contributed by atoms with Gasteiger partial charge in [-0.15, -0.1) is 0 Å². The van der Waals surface area contributed by atoms with Crippen molar-refractivity contribution in [3.63, 3.8) is 0 Å². The third kappa shape index (κ3) is 2.56. The molecule has 0 unspecified atom stereocenters. The van der Waals surface area contributed by atoms with Crippen molar-refractivity contribution >= 4 is 35.1 Å². The summed E-state index contributed by atoms with van der Waals surface area (Å²) in [6, 6.07) is 29.7. The maximum atomic E-state index is 4.96. The molecular formula is C20H17N2P. The van der Waals surface area contributed by atoms with Gasteiger partial charge in [-0.2, -0.15) is 0 Å². The average molecular weight is 316 g/mol. The lowest BCUT2D eigenvalue weighted by molar-refractivity contribution is 0.990. The topological polar surface area (TPSA) is 17.8 Å². The molecule has 3 aromatic carbocycles. The molecule has 1 heterocycles.